The van der Waals surface area contributed by atoms with E-state index < -0.39 is 0 Å². The van der Waals surface area contributed by atoms with Crippen molar-refractivity contribution in [3.63, 3.8) is 0 Å². The second-order valence-electron chi connectivity index (χ2n) is 5.21. The molecule has 0 amide bonds. The van der Waals surface area contributed by atoms with E-state index in [0.29, 0.717) is 12.6 Å². The summed E-state index contributed by atoms with van der Waals surface area (Å²) in [4.78, 5) is 2.51. The zero-order valence-electron chi connectivity index (χ0n) is 11.4. The van der Waals surface area contributed by atoms with Gasteiger partial charge in [-0.15, -0.1) is 0 Å². The van der Waals surface area contributed by atoms with Crippen molar-refractivity contribution in [1.82, 2.24) is 4.90 Å². The van der Waals surface area contributed by atoms with Crippen LogP contribution in [0.25, 0.3) is 0 Å². The van der Waals surface area contributed by atoms with E-state index in [1.807, 2.05) is 18.2 Å². The molecule has 0 spiro atoms. The van der Waals surface area contributed by atoms with Crippen molar-refractivity contribution in [2.75, 3.05) is 13.1 Å². The van der Waals surface area contributed by atoms with E-state index in [1.54, 1.807) is 0 Å². The summed E-state index contributed by atoms with van der Waals surface area (Å²) in [7, 11) is 0. The van der Waals surface area contributed by atoms with Gasteiger partial charge in [0.2, 0.25) is 0 Å². The molecule has 2 atom stereocenters. The highest BCUT2D eigenvalue weighted by Gasteiger charge is 2.29. The second-order valence-corrected chi connectivity index (χ2v) is 6.06. The highest BCUT2D eigenvalue weighted by Crippen LogP contribution is 2.34. The van der Waals surface area contributed by atoms with Crippen LogP contribution in [0.15, 0.2) is 18.2 Å². The summed E-state index contributed by atoms with van der Waals surface area (Å²) in [6, 6.07) is 6.44. The Balaban J connectivity index is 2.29. The summed E-state index contributed by atoms with van der Waals surface area (Å²) in [6.07, 6.45) is 4.97. The van der Waals surface area contributed by atoms with E-state index in [2.05, 4.69) is 11.8 Å². The molecule has 1 aromatic rings. The Morgan fingerprint density at radius 2 is 2.16 bits per heavy atom. The number of benzene rings is 1. The number of hydrogen-bond acceptors (Lipinski definition) is 2. The maximum Gasteiger partial charge on any atom is 0.0488 e. The minimum atomic E-state index is 0.177. The van der Waals surface area contributed by atoms with Crippen molar-refractivity contribution in [1.29, 1.82) is 0 Å². The largest absolute Gasteiger partial charge is 0.329 e. The van der Waals surface area contributed by atoms with Gasteiger partial charge in [0.1, 0.15) is 0 Å². The first-order valence-electron chi connectivity index (χ1n) is 7.08. The molecule has 2 rings (SSSR count). The first-order chi connectivity index (χ1) is 9.17. The van der Waals surface area contributed by atoms with E-state index in [9.17, 15) is 0 Å². The van der Waals surface area contributed by atoms with Crippen molar-refractivity contribution in [3.8, 4) is 0 Å². The van der Waals surface area contributed by atoms with Crippen LogP contribution in [-0.4, -0.2) is 24.0 Å². The van der Waals surface area contributed by atoms with Gasteiger partial charge in [0.05, 0.1) is 0 Å². The topological polar surface area (TPSA) is 29.3 Å². The minimum Gasteiger partial charge on any atom is -0.329 e. The molecule has 0 radical (unpaired) electrons. The van der Waals surface area contributed by atoms with Crippen LogP contribution in [0.3, 0.4) is 0 Å². The molecule has 2 nitrogen and oxygen atoms in total. The molecule has 4 heteroatoms. The predicted molar refractivity (Wildman–Crippen MR) is 82.9 cm³/mol. The van der Waals surface area contributed by atoms with Crippen LogP contribution in [0.5, 0.6) is 0 Å². The molecule has 2 unspecified atom stereocenters. The van der Waals surface area contributed by atoms with Crippen LogP contribution < -0.4 is 5.73 Å². The molecule has 0 bridgehead atoms. The summed E-state index contributed by atoms with van der Waals surface area (Å²) in [5.41, 5.74) is 7.09. The fourth-order valence-corrected chi connectivity index (χ4v) is 3.51. The van der Waals surface area contributed by atoms with Crippen LogP contribution in [-0.2, 0) is 0 Å². The third-order valence-electron chi connectivity index (χ3n) is 4.08. The van der Waals surface area contributed by atoms with E-state index in [4.69, 9.17) is 28.9 Å². The number of hydrogen-bond donors (Lipinski definition) is 1. The predicted octanol–water partition coefficient (Wildman–Crippen LogP) is 4.26. The average Bonchev–Trinajstić information content (AvgIpc) is 2.44. The van der Waals surface area contributed by atoms with Crippen molar-refractivity contribution < 1.29 is 0 Å². The molecule has 106 valence electrons. The van der Waals surface area contributed by atoms with Gasteiger partial charge in [0.25, 0.3) is 0 Å². The third-order valence-corrected chi connectivity index (χ3v) is 4.66. The smallest absolute Gasteiger partial charge is 0.0488 e. The number of likely N-dealkylation sites (tertiary alicyclic amines) is 1. The molecule has 19 heavy (non-hydrogen) atoms. The maximum atomic E-state index is 6.34. The van der Waals surface area contributed by atoms with Crippen molar-refractivity contribution in [3.05, 3.63) is 33.8 Å². The van der Waals surface area contributed by atoms with Crippen LogP contribution in [0.2, 0.25) is 10.0 Å². The normalized spacial score (nSPS) is 22.4. The molecular formula is C15H22Cl2N2. The van der Waals surface area contributed by atoms with Crippen LogP contribution in [0.1, 0.15) is 44.2 Å². The van der Waals surface area contributed by atoms with Crippen LogP contribution in [0.4, 0.5) is 0 Å². The third kappa shape index (κ3) is 3.43. The lowest BCUT2D eigenvalue weighted by Crippen LogP contribution is -2.44. The van der Waals surface area contributed by atoms with Gasteiger partial charge in [-0.25, -0.2) is 0 Å². The van der Waals surface area contributed by atoms with Gasteiger partial charge in [-0.05, 0) is 49.6 Å². The van der Waals surface area contributed by atoms with Crippen molar-refractivity contribution in [2.45, 2.75) is 44.7 Å². The van der Waals surface area contributed by atoms with E-state index >= 15 is 0 Å². The lowest BCUT2D eigenvalue weighted by atomic mass is 9.95. The highest BCUT2D eigenvalue weighted by atomic mass is 35.5. The molecule has 0 aliphatic carbocycles. The SMILES string of the molecule is CCC1CCCCN1C(CN)c1cc(Cl)ccc1Cl. The van der Waals surface area contributed by atoms with Gasteiger partial charge in [0.15, 0.2) is 0 Å². The van der Waals surface area contributed by atoms with E-state index in [1.165, 1.54) is 19.3 Å². The van der Waals surface area contributed by atoms with Crippen molar-refractivity contribution in [2.24, 2.45) is 5.73 Å². The zero-order chi connectivity index (χ0) is 13.8. The molecule has 1 aliphatic rings. The van der Waals surface area contributed by atoms with Gasteiger partial charge in [-0.2, -0.15) is 0 Å². The number of piperidine rings is 1. The molecule has 1 heterocycles. The molecule has 1 aliphatic heterocycles. The van der Waals surface area contributed by atoms with Gasteiger partial charge in [-0.3, -0.25) is 4.90 Å². The monoisotopic (exact) mass is 300 g/mol. The number of rotatable bonds is 4. The molecule has 2 N–H and O–H groups in total. The fraction of sp³-hybridized carbons (Fsp3) is 0.600. The fourth-order valence-electron chi connectivity index (χ4n) is 3.08. The lowest BCUT2D eigenvalue weighted by Gasteiger charge is -2.41. The Kier molecular flexibility index (Phi) is 5.52. The molecule has 0 saturated carbocycles. The Hall–Kier alpha value is -0.280. The quantitative estimate of drug-likeness (QED) is 0.900. The first-order valence-corrected chi connectivity index (χ1v) is 7.83. The van der Waals surface area contributed by atoms with Crippen molar-refractivity contribution >= 4 is 23.2 Å². The first kappa shape index (κ1) is 15.1. The molecule has 1 saturated heterocycles. The number of halogens is 2. The molecular weight excluding hydrogens is 279 g/mol. The van der Waals surface area contributed by atoms with E-state index in [0.717, 1.165) is 28.6 Å². The summed E-state index contributed by atoms with van der Waals surface area (Å²) in [6.45, 7) is 3.93. The standard InChI is InChI=1S/C15H22Cl2N2/c1-2-12-5-3-4-8-19(12)15(10-18)13-9-11(16)6-7-14(13)17/h6-7,9,12,15H,2-5,8,10,18H2,1H3. The molecule has 1 fully saturated rings. The van der Waals surface area contributed by atoms with Gasteiger partial charge < -0.3 is 5.73 Å². The van der Waals surface area contributed by atoms with Gasteiger partial charge >= 0.3 is 0 Å². The summed E-state index contributed by atoms with van der Waals surface area (Å²) >= 11 is 12.4. The Bertz CT molecular complexity index is 423. The average molecular weight is 301 g/mol. The summed E-state index contributed by atoms with van der Waals surface area (Å²) in [5, 5.41) is 1.49. The minimum absolute atomic E-state index is 0.177. The van der Waals surface area contributed by atoms with Gasteiger partial charge in [0, 0.05) is 28.7 Å². The zero-order valence-corrected chi connectivity index (χ0v) is 12.9. The second kappa shape index (κ2) is 6.94. The summed E-state index contributed by atoms with van der Waals surface area (Å²) < 4.78 is 0. The summed E-state index contributed by atoms with van der Waals surface area (Å²) in [5.74, 6) is 0. The van der Waals surface area contributed by atoms with E-state index in [-0.39, 0.29) is 6.04 Å². The van der Waals surface area contributed by atoms with Crippen LogP contribution >= 0.6 is 23.2 Å². The maximum absolute atomic E-state index is 6.34. The lowest BCUT2D eigenvalue weighted by molar-refractivity contribution is 0.0950. The Labute approximate surface area is 125 Å². The Morgan fingerprint density at radius 3 is 2.84 bits per heavy atom. The van der Waals surface area contributed by atoms with Crippen LogP contribution in [0, 0.1) is 0 Å². The number of nitrogens with zero attached hydrogens (tertiary/aromatic N) is 1. The Morgan fingerprint density at radius 1 is 1.37 bits per heavy atom. The number of nitrogens with two attached hydrogens (primary N) is 1. The highest BCUT2D eigenvalue weighted by molar-refractivity contribution is 6.33. The molecule has 1 aromatic carbocycles. The molecule has 0 aromatic heterocycles. The van der Waals surface area contributed by atoms with Gasteiger partial charge in [-0.1, -0.05) is 36.5 Å².